The van der Waals surface area contributed by atoms with Gasteiger partial charge in [-0.3, -0.25) is 0 Å². The molecule has 0 radical (unpaired) electrons. The molecule has 0 unspecified atom stereocenters. The molecule has 2 heteroatoms. The molecule has 0 fully saturated rings. The molecule has 1 nitrogen and oxygen atoms in total. The van der Waals surface area contributed by atoms with Crippen LogP contribution < -0.4 is 0 Å². The third-order valence-corrected chi connectivity index (χ3v) is 1.44. The van der Waals surface area contributed by atoms with E-state index in [-0.39, 0.29) is 18.9 Å². The first-order valence-electron chi connectivity index (χ1n) is 2.97. The van der Waals surface area contributed by atoms with Crippen molar-refractivity contribution in [2.75, 3.05) is 0 Å². The molecule has 1 aromatic carbocycles. The van der Waals surface area contributed by atoms with E-state index < -0.39 is 0 Å². The summed E-state index contributed by atoms with van der Waals surface area (Å²) in [5, 5.41) is 9.21. The van der Waals surface area contributed by atoms with E-state index in [0.717, 1.165) is 11.1 Å². The van der Waals surface area contributed by atoms with Crippen LogP contribution in [0.25, 0.3) is 0 Å². The summed E-state index contributed by atoms with van der Waals surface area (Å²) in [6.45, 7) is 3.78. The quantitative estimate of drug-likeness (QED) is 0.526. The molecule has 0 aliphatic carbocycles. The monoisotopic (exact) mass is 130 g/mol. The summed E-state index contributed by atoms with van der Waals surface area (Å²) in [7, 11) is 0. The zero-order valence-electron chi connectivity index (χ0n) is 5.68. The van der Waals surface area contributed by atoms with Crippen molar-refractivity contribution in [3.63, 3.8) is 0 Å². The summed E-state index contributed by atoms with van der Waals surface area (Å²) in [4.78, 5) is 0. The van der Waals surface area contributed by atoms with Gasteiger partial charge in [-0.05, 0) is 25.0 Å². The van der Waals surface area contributed by atoms with Crippen LogP contribution in [0.3, 0.4) is 0 Å². The van der Waals surface area contributed by atoms with Crippen molar-refractivity contribution >= 4 is 18.9 Å². The predicted molar refractivity (Wildman–Crippen MR) is 44.7 cm³/mol. The second-order valence-corrected chi connectivity index (χ2v) is 2.24. The average molecular weight is 130 g/mol. The maximum atomic E-state index is 9.21. The number of hydrogen-bond acceptors (Lipinski definition) is 1. The van der Waals surface area contributed by atoms with Crippen molar-refractivity contribution in [1.82, 2.24) is 0 Å². The number of benzene rings is 1. The van der Waals surface area contributed by atoms with E-state index in [9.17, 15) is 5.11 Å². The Morgan fingerprint density at radius 2 is 1.50 bits per heavy atom. The molecular formula is C8H11LiO. The minimum absolute atomic E-state index is 0. The Kier molecular flexibility index (Phi) is 3.56. The molecule has 1 rings (SSSR count). The topological polar surface area (TPSA) is 20.2 Å². The van der Waals surface area contributed by atoms with E-state index in [0.29, 0.717) is 5.75 Å². The number of aryl methyl sites for hydroxylation is 2. The maximum absolute atomic E-state index is 9.21. The molecule has 1 N–H and O–H groups in total. The zero-order chi connectivity index (χ0) is 6.85. The van der Waals surface area contributed by atoms with Crippen LogP contribution in [0.1, 0.15) is 11.1 Å². The summed E-state index contributed by atoms with van der Waals surface area (Å²) < 4.78 is 0. The van der Waals surface area contributed by atoms with E-state index >= 15 is 0 Å². The first kappa shape index (κ1) is 9.62. The third-order valence-electron chi connectivity index (χ3n) is 1.44. The van der Waals surface area contributed by atoms with E-state index in [1.807, 2.05) is 32.0 Å². The summed E-state index contributed by atoms with van der Waals surface area (Å²) >= 11 is 0. The van der Waals surface area contributed by atoms with Gasteiger partial charge in [0.25, 0.3) is 0 Å². The number of para-hydroxylation sites is 1. The molecule has 0 bridgehead atoms. The first-order chi connectivity index (χ1) is 4.22. The minimum atomic E-state index is 0. The SMILES string of the molecule is Cc1cccc(C)c1O.[LiH]. The van der Waals surface area contributed by atoms with Crippen molar-refractivity contribution < 1.29 is 5.11 Å². The van der Waals surface area contributed by atoms with Gasteiger partial charge in [0.05, 0.1) is 0 Å². The van der Waals surface area contributed by atoms with Crippen LogP contribution in [0, 0.1) is 13.8 Å². The van der Waals surface area contributed by atoms with Gasteiger partial charge in [-0.1, -0.05) is 18.2 Å². The van der Waals surface area contributed by atoms with Crippen LogP contribution in [0.2, 0.25) is 0 Å². The van der Waals surface area contributed by atoms with Crippen LogP contribution in [-0.2, 0) is 0 Å². The van der Waals surface area contributed by atoms with Gasteiger partial charge in [0.1, 0.15) is 5.75 Å². The number of hydrogen-bond donors (Lipinski definition) is 1. The average Bonchev–Trinajstić information content (AvgIpc) is 1.83. The van der Waals surface area contributed by atoms with Gasteiger partial charge in [-0.15, -0.1) is 0 Å². The predicted octanol–water partition coefficient (Wildman–Crippen LogP) is 1.36. The number of aromatic hydroxyl groups is 1. The normalized spacial score (nSPS) is 8.60. The van der Waals surface area contributed by atoms with Gasteiger partial charge in [0.15, 0.2) is 0 Å². The fraction of sp³-hybridized carbons (Fsp3) is 0.250. The van der Waals surface area contributed by atoms with Crippen LogP contribution in [0.5, 0.6) is 5.75 Å². The van der Waals surface area contributed by atoms with E-state index in [4.69, 9.17) is 0 Å². The van der Waals surface area contributed by atoms with Gasteiger partial charge in [0, 0.05) is 0 Å². The van der Waals surface area contributed by atoms with Crippen LogP contribution in [0.4, 0.5) is 0 Å². The Morgan fingerprint density at radius 1 is 1.10 bits per heavy atom. The standard InChI is InChI=1S/C8H10O.Li.H/c1-6-4-3-5-7(2)8(6)9;;/h3-5,9H,1-2H3;;. The molecule has 0 saturated carbocycles. The summed E-state index contributed by atoms with van der Waals surface area (Å²) in [6, 6.07) is 5.72. The third kappa shape index (κ3) is 1.80. The Labute approximate surface area is 73.3 Å². The Hall–Kier alpha value is -0.383. The molecule has 0 aromatic heterocycles. The molecule has 0 heterocycles. The van der Waals surface area contributed by atoms with Crippen molar-refractivity contribution in [3.8, 4) is 5.75 Å². The summed E-state index contributed by atoms with van der Waals surface area (Å²) in [5.74, 6) is 0.414. The van der Waals surface area contributed by atoms with Gasteiger partial charge in [-0.2, -0.15) is 0 Å². The molecule has 0 aliphatic rings. The van der Waals surface area contributed by atoms with E-state index in [2.05, 4.69) is 0 Å². The number of phenols is 1. The van der Waals surface area contributed by atoms with Crippen molar-refractivity contribution in [2.24, 2.45) is 0 Å². The van der Waals surface area contributed by atoms with Gasteiger partial charge >= 0.3 is 18.9 Å². The van der Waals surface area contributed by atoms with Gasteiger partial charge < -0.3 is 5.11 Å². The molecule has 0 spiro atoms. The Bertz CT molecular complexity index is 200. The molecule has 0 aliphatic heterocycles. The molecule has 0 saturated heterocycles. The van der Waals surface area contributed by atoms with E-state index in [1.54, 1.807) is 0 Å². The fourth-order valence-corrected chi connectivity index (χ4v) is 0.806. The number of rotatable bonds is 0. The molecule has 0 atom stereocenters. The second-order valence-electron chi connectivity index (χ2n) is 2.24. The molecule has 10 heavy (non-hydrogen) atoms. The first-order valence-corrected chi connectivity index (χ1v) is 2.97. The second kappa shape index (κ2) is 3.70. The van der Waals surface area contributed by atoms with Crippen molar-refractivity contribution in [2.45, 2.75) is 13.8 Å². The van der Waals surface area contributed by atoms with Crippen LogP contribution >= 0.6 is 0 Å². The zero-order valence-corrected chi connectivity index (χ0v) is 5.68. The fourth-order valence-electron chi connectivity index (χ4n) is 0.806. The molecule has 50 valence electrons. The molecule has 0 amide bonds. The Morgan fingerprint density at radius 3 is 1.80 bits per heavy atom. The Balaban J connectivity index is 0.000000810. The van der Waals surface area contributed by atoms with Crippen molar-refractivity contribution in [3.05, 3.63) is 29.3 Å². The van der Waals surface area contributed by atoms with Crippen molar-refractivity contribution in [1.29, 1.82) is 0 Å². The van der Waals surface area contributed by atoms with Crippen LogP contribution in [-0.4, -0.2) is 24.0 Å². The molecular weight excluding hydrogens is 119 g/mol. The summed E-state index contributed by atoms with van der Waals surface area (Å²) in [5.41, 5.74) is 1.88. The molecule has 1 aromatic rings. The number of phenolic OH excluding ortho intramolecular Hbond substituents is 1. The van der Waals surface area contributed by atoms with Gasteiger partial charge in [0.2, 0.25) is 0 Å². The summed E-state index contributed by atoms with van der Waals surface area (Å²) in [6.07, 6.45) is 0. The van der Waals surface area contributed by atoms with E-state index in [1.165, 1.54) is 0 Å². The van der Waals surface area contributed by atoms with Crippen LogP contribution in [0.15, 0.2) is 18.2 Å². The van der Waals surface area contributed by atoms with Gasteiger partial charge in [-0.25, -0.2) is 0 Å².